The Balaban J connectivity index is 1.87. The fraction of sp³-hybridized carbons (Fsp3) is 0.250. The van der Waals surface area contributed by atoms with Crippen molar-refractivity contribution >= 4 is 16.4 Å². The summed E-state index contributed by atoms with van der Waals surface area (Å²) < 4.78 is 5.02. The van der Waals surface area contributed by atoms with Crippen molar-refractivity contribution in [1.29, 1.82) is 0 Å². The van der Waals surface area contributed by atoms with E-state index in [-0.39, 0.29) is 16.4 Å². The molecule has 1 amide bonds. The molecule has 4 nitrogen and oxygen atoms in total. The second kappa shape index (κ2) is 5.65. The molecule has 0 bridgehead atoms. The second-order valence-corrected chi connectivity index (χ2v) is 5.36. The van der Waals surface area contributed by atoms with Gasteiger partial charge in [-0.2, -0.15) is 0 Å². The molecule has 2 rings (SSSR count). The van der Waals surface area contributed by atoms with E-state index in [0.717, 1.165) is 6.54 Å². The molecule has 0 aliphatic heterocycles. The number of furan rings is 1. The fourth-order valence-corrected chi connectivity index (χ4v) is 2.94. The van der Waals surface area contributed by atoms with Crippen LogP contribution in [-0.4, -0.2) is 13.0 Å². The largest absolute Gasteiger partial charge is 0.459 e. The molecule has 0 spiro atoms. The van der Waals surface area contributed by atoms with Gasteiger partial charge in [-0.3, -0.25) is 4.79 Å². The summed E-state index contributed by atoms with van der Waals surface area (Å²) in [5.74, 6) is 0.825. The van der Waals surface area contributed by atoms with Crippen LogP contribution in [0.25, 0.3) is 0 Å². The van der Waals surface area contributed by atoms with E-state index in [1.807, 2.05) is 7.05 Å². The van der Waals surface area contributed by atoms with Crippen molar-refractivity contribution in [3.8, 4) is 0 Å². The number of carbonyl (C=O) groups excluding carboxylic acids is 1. The Hall–Kier alpha value is -1.59. The highest BCUT2D eigenvalue weighted by molar-refractivity contribution is 7.27. The average molecular weight is 251 g/mol. The Labute approximate surface area is 103 Å². The minimum Gasteiger partial charge on any atom is -0.459 e. The van der Waals surface area contributed by atoms with Crippen LogP contribution < -0.4 is 10.6 Å². The molecule has 2 aromatic rings. The van der Waals surface area contributed by atoms with Crippen LogP contribution in [-0.2, 0) is 12.4 Å². The normalized spacial score (nSPS) is 11.5. The molecule has 0 aliphatic carbocycles. The van der Waals surface area contributed by atoms with Crippen molar-refractivity contribution in [2.75, 3.05) is 7.05 Å². The first-order valence-corrected chi connectivity index (χ1v) is 6.85. The molecule has 0 fully saturated rings. The van der Waals surface area contributed by atoms with Gasteiger partial charge in [0, 0.05) is 12.1 Å². The molecule has 2 aromatic heterocycles. The second-order valence-electron chi connectivity index (χ2n) is 3.62. The van der Waals surface area contributed by atoms with Crippen LogP contribution >= 0.6 is 10.5 Å². The number of amides is 1. The van der Waals surface area contributed by atoms with Crippen molar-refractivity contribution in [3.05, 3.63) is 46.5 Å². The highest BCUT2D eigenvalue weighted by Crippen LogP contribution is 2.20. The zero-order chi connectivity index (χ0) is 12.1. The third-order valence-corrected chi connectivity index (χ3v) is 3.85. The van der Waals surface area contributed by atoms with E-state index < -0.39 is 0 Å². The van der Waals surface area contributed by atoms with Crippen LogP contribution in [0.5, 0.6) is 0 Å². The third kappa shape index (κ3) is 3.18. The van der Waals surface area contributed by atoms with E-state index >= 15 is 0 Å². The molecule has 17 heavy (non-hydrogen) atoms. The van der Waals surface area contributed by atoms with Crippen LogP contribution in [0.15, 0.2) is 39.6 Å². The maximum absolute atomic E-state index is 11.6. The first-order valence-electron chi connectivity index (χ1n) is 5.33. The number of thiophene rings is 1. The van der Waals surface area contributed by atoms with Crippen molar-refractivity contribution in [1.82, 2.24) is 10.6 Å². The molecule has 1 unspecified atom stereocenters. The molecule has 0 saturated heterocycles. The molecular formula is C12H15N2O2S+. The molecule has 2 N–H and O–H groups in total. The van der Waals surface area contributed by atoms with Gasteiger partial charge in [-0.25, -0.2) is 0 Å². The molecular weight excluding hydrogens is 236 g/mol. The van der Waals surface area contributed by atoms with Gasteiger partial charge in [0.05, 0.1) is 6.26 Å². The number of hydrogen-bond acceptors (Lipinski definition) is 3. The van der Waals surface area contributed by atoms with Gasteiger partial charge in [0.25, 0.3) is 5.91 Å². The number of carbonyl (C=O) groups is 1. The first kappa shape index (κ1) is 11.9. The zero-order valence-electron chi connectivity index (χ0n) is 9.60. The lowest BCUT2D eigenvalue weighted by Gasteiger charge is -1.95. The first-order chi connectivity index (χ1) is 8.29. The summed E-state index contributed by atoms with van der Waals surface area (Å²) in [7, 11) is 1.92. The Bertz CT molecular complexity index is 476. The topological polar surface area (TPSA) is 54.3 Å². The summed E-state index contributed by atoms with van der Waals surface area (Å²) in [6.07, 6.45) is 1.50. The van der Waals surface area contributed by atoms with E-state index in [2.05, 4.69) is 27.5 Å². The van der Waals surface area contributed by atoms with Crippen LogP contribution in [0.4, 0.5) is 0 Å². The minimum absolute atomic E-state index is 0.00274. The van der Waals surface area contributed by atoms with Crippen molar-refractivity contribution in [2.24, 2.45) is 0 Å². The maximum atomic E-state index is 11.6. The highest BCUT2D eigenvalue weighted by atomic mass is 32.2. The lowest BCUT2D eigenvalue weighted by Crippen LogP contribution is -2.20. The van der Waals surface area contributed by atoms with Crippen LogP contribution in [0.3, 0.4) is 0 Å². The minimum atomic E-state index is -0.161. The predicted octanol–water partition coefficient (Wildman–Crippen LogP) is 2.14. The zero-order valence-corrected chi connectivity index (χ0v) is 10.4. The van der Waals surface area contributed by atoms with Gasteiger partial charge in [0.15, 0.2) is 5.76 Å². The van der Waals surface area contributed by atoms with Crippen LogP contribution in [0, 0.1) is 0 Å². The lowest BCUT2D eigenvalue weighted by atomic mass is 10.3. The van der Waals surface area contributed by atoms with E-state index in [4.69, 9.17) is 4.42 Å². The SMILES string of the molecule is CNCc1cc[s+](CNC(=O)c2ccco2)c1. The third-order valence-electron chi connectivity index (χ3n) is 2.28. The predicted molar refractivity (Wildman–Crippen MR) is 67.9 cm³/mol. The maximum Gasteiger partial charge on any atom is 0.290 e. The molecule has 0 radical (unpaired) electrons. The summed E-state index contributed by atoms with van der Waals surface area (Å²) in [5.41, 5.74) is 1.27. The Morgan fingerprint density at radius 1 is 1.47 bits per heavy atom. The van der Waals surface area contributed by atoms with Gasteiger partial charge in [0.2, 0.25) is 5.88 Å². The van der Waals surface area contributed by atoms with Gasteiger partial charge < -0.3 is 15.1 Å². The van der Waals surface area contributed by atoms with Gasteiger partial charge >= 0.3 is 0 Å². The fourth-order valence-electron chi connectivity index (χ4n) is 1.49. The van der Waals surface area contributed by atoms with Crippen LogP contribution in [0.1, 0.15) is 16.1 Å². The molecule has 1 atom stereocenters. The monoisotopic (exact) mass is 251 g/mol. The van der Waals surface area contributed by atoms with Crippen molar-refractivity contribution in [3.63, 3.8) is 0 Å². The summed E-state index contributed by atoms with van der Waals surface area (Å²) in [5, 5.41) is 10.3. The van der Waals surface area contributed by atoms with Crippen molar-refractivity contribution in [2.45, 2.75) is 12.4 Å². The standard InChI is InChI=1S/C12H14N2O2S/c1-13-7-10-4-6-17(8-10)9-14-12(15)11-3-2-5-16-11/h2-6,8,13H,7,9H2,1H3/p+1. The van der Waals surface area contributed by atoms with Crippen molar-refractivity contribution < 1.29 is 9.21 Å². The van der Waals surface area contributed by atoms with Crippen LogP contribution in [0.2, 0.25) is 0 Å². The average Bonchev–Trinajstić information content (AvgIpc) is 2.97. The number of hydrogen-bond donors (Lipinski definition) is 2. The van der Waals surface area contributed by atoms with Gasteiger partial charge in [-0.15, -0.1) is 0 Å². The quantitative estimate of drug-likeness (QED) is 0.800. The molecule has 0 aliphatic rings. The summed E-state index contributed by atoms with van der Waals surface area (Å²) in [6, 6.07) is 5.46. The smallest absolute Gasteiger partial charge is 0.290 e. The lowest BCUT2D eigenvalue weighted by molar-refractivity contribution is 0.0927. The molecule has 5 heteroatoms. The van der Waals surface area contributed by atoms with E-state index in [1.54, 1.807) is 12.1 Å². The van der Waals surface area contributed by atoms with E-state index in [0.29, 0.717) is 11.6 Å². The summed E-state index contributed by atoms with van der Waals surface area (Å²) >= 11 is 0. The van der Waals surface area contributed by atoms with Gasteiger partial charge in [0.1, 0.15) is 10.8 Å². The van der Waals surface area contributed by atoms with Gasteiger partial charge in [-0.05, 0) is 35.7 Å². The van der Waals surface area contributed by atoms with E-state index in [1.165, 1.54) is 11.8 Å². The summed E-state index contributed by atoms with van der Waals surface area (Å²) in [6.45, 7) is 0.867. The Kier molecular flexibility index (Phi) is 3.95. The summed E-state index contributed by atoms with van der Waals surface area (Å²) in [4.78, 5) is 11.6. The van der Waals surface area contributed by atoms with Gasteiger partial charge in [-0.1, -0.05) is 0 Å². The Morgan fingerprint density at radius 3 is 3.06 bits per heavy atom. The number of rotatable bonds is 5. The Morgan fingerprint density at radius 2 is 2.35 bits per heavy atom. The molecule has 2 heterocycles. The number of nitrogens with one attached hydrogen (secondary N) is 2. The molecule has 0 saturated carbocycles. The molecule has 90 valence electrons. The van der Waals surface area contributed by atoms with E-state index in [9.17, 15) is 4.79 Å². The molecule has 0 aromatic carbocycles. The highest BCUT2D eigenvalue weighted by Gasteiger charge is 2.12.